The van der Waals surface area contributed by atoms with Gasteiger partial charge < -0.3 is 16.0 Å². The number of pyridine rings is 1. The second-order valence-corrected chi connectivity index (χ2v) is 5.45. The Hall–Kier alpha value is -2.70. The first-order chi connectivity index (χ1) is 11.3. The number of rotatable bonds is 5. The Morgan fingerprint density at radius 2 is 2.09 bits per heavy atom. The van der Waals surface area contributed by atoms with Crippen molar-refractivity contribution in [3.8, 4) is 0 Å². The predicted molar refractivity (Wildman–Crippen MR) is 87.0 cm³/mol. The standard InChI is InChI=1S/C16H20N6O/c23-16(21-10-12-8-17-11-18-9-12)20-7-5-14-4-3-13-2-1-6-19-15(13)22-14/h3-4,8-9,11H,1-2,5-7,10H2,(H,19,22)(H2,20,21,23). The first kappa shape index (κ1) is 15.2. The molecule has 2 amide bonds. The second-order valence-electron chi connectivity index (χ2n) is 5.45. The Morgan fingerprint density at radius 1 is 1.22 bits per heavy atom. The van der Waals surface area contributed by atoms with Crippen LogP contribution < -0.4 is 16.0 Å². The number of carbonyl (C=O) groups is 1. The number of aromatic nitrogens is 3. The van der Waals surface area contributed by atoms with Gasteiger partial charge in [-0.2, -0.15) is 0 Å². The fraction of sp³-hybridized carbons (Fsp3) is 0.375. The molecular formula is C16H20N6O. The fourth-order valence-corrected chi connectivity index (χ4v) is 2.48. The van der Waals surface area contributed by atoms with Gasteiger partial charge in [0.05, 0.1) is 0 Å². The van der Waals surface area contributed by atoms with Crippen molar-refractivity contribution in [2.24, 2.45) is 0 Å². The third-order valence-electron chi connectivity index (χ3n) is 3.69. The molecule has 0 atom stereocenters. The Labute approximate surface area is 135 Å². The quantitative estimate of drug-likeness (QED) is 0.773. The Bertz CT molecular complexity index is 661. The van der Waals surface area contributed by atoms with Gasteiger partial charge in [0.1, 0.15) is 12.1 Å². The summed E-state index contributed by atoms with van der Waals surface area (Å²) in [4.78, 5) is 24.2. The van der Waals surface area contributed by atoms with Gasteiger partial charge in [0.25, 0.3) is 0 Å². The van der Waals surface area contributed by atoms with Gasteiger partial charge in [-0.1, -0.05) is 6.07 Å². The molecule has 2 aromatic rings. The normalized spacial score (nSPS) is 12.9. The molecule has 7 heteroatoms. The van der Waals surface area contributed by atoms with Crippen LogP contribution in [0.5, 0.6) is 0 Å². The molecule has 0 bridgehead atoms. The van der Waals surface area contributed by atoms with Crippen LogP contribution in [0.1, 0.15) is 23.2 Å². The first-order valence-electron chi connectivity index (χ1n) is 7.79. The molecule has 23 heavy (non-hydrogen) atoms. The highest BCUT2D eigenvalue weighted by atomic mass is 16.2. The molecule has 0 radical (unpaired) electrons. The SMILES string of the molecule is O=C(NCCc1ccc2c(n1)NCCC2)NCc1cncnc1. The highest BCUT2D eigenvalue weighted by Gasteiger charge is 2.10. The number of nitrogens with one attached hydrogen (secondary N) is 3. The van der Waals surface area contributed by atoms with Crippen molar-refractivity contribution >= 4 is 11.8 Å². The minimum atomic E-state index is -0.204. The molecule has 2 aromatic heterocycles. The number of aryl methyl sites for hydroxylation is 1. The summed E-state index contributed by atoms with van der Waals surface area (Å²) in [7, 11) is 0. The molecule has 0 aromatic carbocycles. The Morgan fingerprint density at radius 3 is 2.96 bits per heavy atom. The van der Waals surface area contributed by atoms with Crippen LogP contribution in [0.15, 0.2) is 30.9 Å². The van der Waals surface area contributed by atoms with E-state index in [-0.39, 0.29) is 6.03 Å². The number of carbonyl (C=O) groups excluding carboxylic acids is 1. The highest BCUT2D eigenvalue weighted by Crippen LogP contribution is 2.19. The summed E-state index contributed by atoms with van der Waals surface area (Å²) in [5.41, 5.74) is 3.12. The Balaban J connectivity index is 1.41. The van der Waals surface area contributed by atoms with Gasteiger partial charge in [0.2, 0.25) is 0 Å². The van der Waals surface area contributed by atoms with E-state index in [2.05, 4.69) is 37.0 Å². The average Bonchev–Trinajstić information content (AvgIpc) is 2.61. The summed E-state index contributed by atoms with van der Waals surface area (Å²) >= 11 is 0. The van der Waals surface area contributed by atoms with E-state index in [9.17, 15) is 4.79 Å². The third-order valence-corrected chi connectivity index (χ3v) is 3.69. The number of anilines is 1. The lowest BCUT2D eigenvalue weighted by atomic mass is 10.1. The largest absolute Gasteiger partial charge is 0.370 e. The summed E-state index contributed by atoms with van der Waals surface area (Å²) in [6, 6.07) is 3.95. The minimum Gasteiger partial charge on any atom is -0.370 e. The van der Waals surface area contributed by atoms with E-state index in [1.165, 1.54) is 11.9 Å². The van der Waals surface area contributed by atoms with Crippen LogP contribution in [0.2, 0.25) is 0 Å². The first-order valence-corrected chi connectivity index (χ1v) is 7.79. The van der Waals surface area contributed by atoms with Gasteiger partial charge in [-0.05, 0) is 24.5 Å². The van der Waals surface area contributed by atoms with E-state index in [4.69, 9.17) is 0 Å². The second kappa shape index (κ2) is 7.53. The number of hydrogen-bond donors (Lipinski definition) is 3. The van der Waals surface area contributed by atoms with E-state index >= 15 is 0 Å². The maximum absolute atomic E-state index is 11.7. The molecule has 120 valence electrons. The Kier molecular flexibility index (Phi) is 4.98. The summed E-state index contributed by atoms with van der Waals surface area (Å²) < 4.78 is 0. The average molecular weight is 312 g/mol. The molecule has 0 saturated heterocycles. The molecule has 7 nitrogen and oxygen atoms in total. The zero-order valence-corrected chi connectivity index (χ0v) is 12.9. The molecule has 3 heterocycles. The summed E-state index contributed by atoms with van der Waals surface area (Å²) in [6.45, 7) is 1.93. The van der Waals surface area contributed by atoms with Gasteiger partial charge >= 0.3 is 6.03 Å². The molecule has 3 N–H and O–H groups in total. The van der Waals surface area contributed by atoms with Crippen molar-refractivity contribution in [1.82, 2.24) is 25.6 Å². The summed E-state index contributed by atoms with van der Waals surface area (Å²) in [6.07, 6.45) is 7.76. The molecule has 0 fully saturated rings. The number of hydrogen-bond acceptors (Lipinski definition) is 5. The van der Waals surface area contributed by atoms with Gasteiger partial charge in [0.15, 0.2) is 0 Å². The van der Waals surface area contributed by atoms with Crippen LogP contribution in [-0.2, 0) is 19.4 Å². The summed E-state index contributed by atoms with van der Waals surface area (Å²) in [5, 5.41) is 8.92. The topological polar surface area (TPSA) is 91.8 Å². The molecule has 1 aliphatic heterocycles. The monoisotopic (exact) mass is 312 g/mol. The molecule has 1 aliphatic rings. The van der Waals surface area contributed by atoms with Crippen molar-refractivity contribution < 1.29 is 4.79 Å². The third kappa shape index (κ3) is 4.38. The number of nitrogens with zero attached hydrogens (tertiary/aromatic N) is 3. The fourth-order valence-electron chi connectivity index (χ4n) is 2.48. The van der Waals surface area contributed by atoms with Crippen molar-refractivity contribution in [1.29, 1.82) is 0 Å². The van der Waals surface area contributed by atoms with E-state index < -0.39 is 0 Å². The maximum atomic E-state index is 11.7. The molecular weight excluding hydrogens is 292 g/mol. The van der Waals surface area contributed by atoms with Crippen molar-refractivity contribution in [3.05, 3.63) is 47.7 Å². The van der Waals surface area contributed by atoms with Crippen molar-refractivity contribution in [3.63, 3.8) is 0 Å². The van der Waals surface area contributed by atoms with Gasteiger partial charge in [-0.25, -0.2) is 19.7 Å². The lowest BCUT2D eigenvalue weighted by Gasteiger charge is -2.17. The smallest absolute Gasteiger partial charge is 0.315 e. The molecule has 0 aliphatic carbocycles. The zero-order chi connectivity index (χ0) is 15.9. The lowest BCUT2D eigenvalue weighted by Crippen LogP contribution is -2.36. The zero-order valence-electron chi connectivity index (χ0n) is 12.9. The van der Waals surface area contributed by atoms with E-state index in [0.29, 0.717) is 19.5 Å². The predicted octanol–water partition coefficient (Wildman–Crippen LogP) is 1.27. The van der Waals surface area contributed by atoms with Gasteiger partial charge in [-0.3, -0.25) is 0 Å². The van der Waals surface area contributed by atoms with Crippen LogP contribution in [0, 0.1) is 0 Å². The van der Waals surface area contributed by atoms with Crippen molar-refractivity contribution in [2.75, 3.05) is 18.4 Å². The van der Waals surface area contributed by atoms with Crippen molar-refractivity contribution in [2.45, 2.75) is 25.8 Å². The molecule has 3 rings (SSSR count). The highest BCUT2D eigenvalue weighted by molar-refractivity contribution is 5.73. The van der Waals surface area contributed by atoms with E-state index in [1.807, 2.05) is 6.07 Å². The van der Waals surface area contributed by atoms with Gasteiger partial charge in [0, 0.05) is 49.7 Å². The summed E-state index contributed by atoms with van der Waals surface area (Å²) in [5.74, 6) is 0.988. The van der Waals surface area contributed by atoms with E-state index in [1.54, 1.807) is 12.4 Å². The number of urea groups is 1. The molecule has 0 saturated carbocycles. The number of fused-ring (bicyclic) bond motifs is 1. The van der Waals surface area contributed by atoms with Crippen LogP contribution in [-0.4, -0.2) is 34.1 Å². The lowest BCUT2D eigenvalue weighted by molar-refractivity contribution is 0.240. The molecule has 0 unspecified atom stereocenters. The van der Waals surface area contributed by atoms with Gasteiger partial charge in [-0.15, -0.1) is 0 Å². The number of amides is 2. The van der Waals surface area contributed by atoms with E-state index in [0.717, 1.165) is 36.5 Å². The maximum Gasteiger partial charge on any atom is 0.315 e. The van der Waals surface area contributed by atoms with Crippen LogP contribution >= 0.6 is 0 Å². The molecule has 0 spiro atoms. The van der Waals surface area contributed by atoms with Crippen LogP contribution in [0.4, 0.5) is 10.6 Å². The van der Waals surface area contributed by atoms with Crippen LogP contribution in [0.25, 0.3) is 0 Å². The minimum absolute atomic E-state index is 0.204. The van der Waals surface area contributed by atoms with Crippen LogP contribution in [0.3, 0.4) is 0 Å².